The largest absolute Gasteiger partial charge is 0.490 e. The van der Waals surface area contributed by atoms with Crippen LogP contribution in [0.3, 0.4) is 0 Å². The Morgan fingerprint density at radius 3 is 2.73 bits per heavy atom. The Bertz CT molecular complexity index is 1160. The number of benzene rings is 2. The van der Waals surface area contributed by atoms with Crippen molar-refractivity contribution in [2.45, 2.75) is 51.0 Å². The second kappa shape index (κ2) is 8.27. The van der Waals surface area contributed by atoms with Gasteiger partial charge in [-0.15, -0.1) is 0 Å². The molecule has 154 valence electrons. The molecule has 0 bridgehead atoms. The first-order chi connectivity index (χ1) is 14.7. The van der Waals surface area contributed by atoms with Crippen LogP contribution in [0.5, 0.6) is 5.75 Å². The zero-order valence-corrected chi connectivity index (χ0v) is 17.9. The number of H-pyrrole nitrogens is 1. The number of pyridine rings is 1. The van der Waals surface area contributed by atoms with E-state index in [0.717, 1.165) is 70.6 Å². The van der Waals surface area contributed by atoms with Gasteiger partial charge < -0.3 is 9.72 Å². The molecule has 1 unspecified atom stereocenters. The summed E-state index contributed by atoms with van der Waals surface area (Å²) < 4.78 is 6.42. The minimum atomic E-state index is 0.263. The van der Waals surface area contributed by atoms with Crippen LogP contribution in [-0.4, -0.2) is 21.1 Å². The van der Waals surface area contributed by atoms with Crippen molar-refractivity contribution in [3.05, 3.63) is 65.6 Å². The SMILES string of the molecule is CCC(c1nc2ccc(Cl)cc2[nH]1)C1CCC(Oc2ccnc3ccccc23)CC1. The third-order valence-electron chi connectivity index (χ3n) is 6.44. The van der Waals surface area contributed by atoms with Crippen molar-refractivity contribution in [3.8, 4) is 5.75 Å². The second-order valence-corrected chi connectivity index (χ2v) is 8.72. The topological polar surface area (TPSA) is 50.8 Å². The molecular weight excluding hydrogens is 394 g/mol. The maximum Gasteiger partial charge on any atom is 0.130 e. The molecule has 1 fully saturated rings. The van der Waals surface area contributed by atoms with Crippen LogP contribution < -0.4 is 4.74 Å². The summed E-state index contributed by atoms with van der Waals surface area (Å²) in [5.41, 5.74) is 3.01. The first-order valence-electron chi connectivity index (χ1n) is 10.9. The molecule has 5 rings (SSSR count). The third-order valence-corrected chi connectivity index (χ3v) is 6.68. The van der Waals surface area contributed by atoms with E-state index in [1.165, 1.54) is 0 Å². The van der Waals surface area contributed by atoms with E-state index in [9.17, 15) is 0 Å². The lowest BCUT2D eigenvalue weighted by atomic mass is 9.77. The molecule has 2 aromatic carbocycles. The average Bonchev–Trinajstić information content (AvgIpc) is 3.18. The number of hydrogen-bond acceptors (Lipinski definition) is 3. The fourth-order valence-electron chi connectivity index (χ4n) is 4.89. The Morgan fingerprint density at radius 2 is 1.90 bits per heavy atom. The number of nitrogens with one attached hydrogen (secondary N) is 1. The van der Waals surface area contributed by atoms with Gasteiger partial charge in [0.1, 0.15) is 11.6 Å². The summed E-state index contributed by atoms with van der Waals surface area (Å²) in [6.45, 7) is 2.26. The van der Waals surface area contributed by atoms with Gasteiger partial charge in [0.25, 0.3) is 0 Å². The molecule has 1 aliphatic rings. The number of rotatable bonds is 5. The van der Waals surface area contributed by atoms with E-state index in [1.54, 1.807) is 0 Å². The number of aromatic amines is 1. The molecule has 0 aliphatic heterocycles. The normalized spacial score (nSPS) is 20.5. The number of imidazole rings is 1. The summed E-state index contributed by atoms with van der Waals surface area (Å²) in [6, 6.07) is 16.0. The Hall–Kier alpha value is -2.59. The zero-order chi connectivity index (χ0) is 20.5. The van der Waals surface area contributed by atoms with Crippen molar-refractivity contribution in [3.63, 3.8) is 0 Å². The van der Waals surface area contributed by atoms with E-state index < -0.39 is 0 Å². The average molecular weight is 420 g/mol. The number of fused-ring (bicyclic) bond motifs is 2. The Labute approximate surface area is 181 Å². The molecule has 0 saturated heterocycles. The van der Waals surface area contributed by atoms with Crippen LogP contribution in [-0.2, 0) is 0 Å². The molecule has 4 nitrogen and oxygen atoms in total. The second-order valence-electron chi connectivity index (χ2n) is 8.28. The summed E-state index contributed by atoms with van der Waals surface area (Å²) in [7, 11) is 0. The highest BCUT2D eigenvalue weighted by Crippen LogP contribution is 2.39. The molecule has 1 atom stereocenters. The van der Waals surface area contributed by atoms with Crippen LogP contribution >= 0.6 is 11.6 Å². The smallest absolute Gasteiger partial charge is 0.130 e. The van der Waals surface area contributed by atoms with Gasteiger partial charge in [0.2, 0.25) is 0 Å². The van der Waals surface area contributed by atoms with E-state index in [4.69, 9.17) is 21.3 Å². The zero-order valence-electron chi connectivity index (χ0n) is 17.1. The number of aromatic nitrogens is 3. The van der Waals surface area contributed by atoms with Crippen LogP contribution in [0.25, 0.3) is 21.9 Å². The van der Waals surface area contributed by atoms with Crippen molar-refractivity contribution >= 4 is 33.5 Å². The van der Waals surface area contributed by atoms with Gasteiger partial charge in [-0.05, 0) is 74.4 Å². The summed E-state index contributed by atoms with van der Waals surface area (Å²) in [6.07, 6.45) is 7.64. The Balaban J connectivity index is 1.28. The number of halogens is 1. The molecule has 30 heavy (non-hydrogen) atoms. The summed E-state index contributed by atoms with van der Waals surface area (Å²) >= 11 is 6.14. The van der Waals surface area contributed by atoms with E-state index >= 15 is 0 Å². The summed E-state index contributed by atoms with van der Waals surface area (Å²) in [4.78, 5) is 12.8. The van der Waals surface area contributed by atoms with Gasteiger partial charge in [-0.3, -0.25) is 4.98 Å². The Kier molecular flexibility index (Phi) is 5.34. The molecule has 5 heteroatoms. The first kappa shape index (κ1) is 19.4. The lowest BCUT2D eigenvalue weighted by Crippen LogP contribution is -2.27. The fraction of sp³-hybridized carbons (Fsp3) is 0.360. The summed E-state index contributed by atoms with van der Waals surface area (Å²) in [5, 5.41) is 1.83. The molecular formula is C25H26ClN3O. The lowest BCUT2D eigenvalue weighted by molar-refractivity contribution is 0.122. The minimum absolute atomic E-state index is 0.263. The molecule has 1 N–H and O–H groups in total. The highest BCUT2D eigenvalue weighted by Gasteiger charge is 2.30. The van der Waals surface area contributed by atoms with E-state index in [2.05, 4.69) is 23.0 Å². The molecule has 0 amide bonds. The monoisotopic (exact) mass is 419 g/mol. The number of para-hydroxylation sites is 1. The summed E-state index contributed by atoms with van der Waals surface area (Å²) in [5.74, 6) is 3.11. The van der Waals surface area contributed by atoms with Crippen molar-refractivity contribution in [1.29, 1.82) is 0 Å². The van der Waals surface area contributed by atoms with Gasteiger partial charge in [0, 0.05) is 22.5 Å². The van der Waals surface area contributed by atoms with Gasteiger partial charge in [-0.25, -0.2) is 4.98 Å². The maximum atomic E-state index is 6.42. The predicted octanol–water partition coefficient (Wildman–Crippen LogP) is 6.90. The molecule has 1 aliphatic carbocycles. The molecule has 0 spiro atoms. The van der Waals surface area contributed by atoms with Gasteiger partial charge in [0.15, 0.2) is 0 Å². The highest BCUT2D eigenvalue weighted by atomic mass is 35.5. The van der Waals surface area contributed by atoms with Crippen molar-refractivity contribution in [2.24, 2.45) is 5.92 Å². The van der Waals surface area contributed by atoms with Gasteiger partial charge in [0.05, 0.1) is 22.7 Å². The number of hydrogen-bond donors (Lipinski definition) is 1. The fourth-order valence-corrected chi connectivity index (χ4v) is 5.06. The van der Waals surface area contributed by atoms with Crippen LogP contribution in [0.2, 0.25) is 5.02 Å². The van der Waals surface area contributed by atoms with Crippen molar-refractivity contribution < 1.29 is 4.74 Å². The van der Waals surface area contributed by atoms with Crippen LogP contribution in [0.4, 0.5) is 0 Å². The predicted molar refractivity (Wildman–Crippen MR) is 122 cm³/mol. The first-order valence-corrected chi connectivity index (χ1v) is 11.2. The Morgan fingerprint density at radius 1 is 1.07 bits per heavy atom. The lowest BCUT2D eigenvalue weighted by Gasteiger charge is -2.33. The third kappa shape index (κ3) is 3.77. The van der Waals surface area contributed by atoms with Crippen LogP contribution in [0.1, 0.15) is 50.8 Å². The highest BCUT2D eigenvalue weighted by molar-refractivity contribution is 6.31. The van der Waals surface area contributed by atoms with E-state index in [-0.39, 0.29) is 6.10 Å². The molecule has 4 aromatic rings. The van der Waals surface area contributed by atoms with Crippen LogP contribution in [0, 0.1) is 5.92 Å². The van der Waals surface area contributed by atoms with Crippen LogP contribution in [0.15, 0.2) is 54.7 Å². The number of ether oxygens (including phenoxy) is 1. The minimum Gasteiger partial charge on any atom is -0.490 e. The standard InChI is InChI=1S/C25H26ClN3O/c1-2-19(25-28-22-12-9-17(26)15-23(22)29-25)16-7-10-18(11-8-16)30-24-13-14-27-21-6-4-3-5-20(21)24/h3-6,9,12-16,18-19H,2,7-8,10-11H2,1H3,(H,28,29). The maximum absolute atomic E-state index is 6.42. The molecule has 0 radical (unpaired) electrons. The number of nitrogens with zero attached hydrogens (tertiary/aromatic N) is 2. The van der Waals surface area contributed by atoms with Gasteiger partial charge in [-0.2, -0.15) is 0 Å². The van der Waals surface area contributed by atoms with E-state index in [1.807, 2.05) is 48.7 Å². The van der Waals surface area contributed by atoms with Gasteiger partial charge >= 0.3 is 0 Å². The quantitative estimate of drug-likeness (QED) is 0.383. The molecule has 2 aromatic heterocycles. The van der Waals surface area contributed by atoms with Crippen molar-refractivity contribution in [1.82, 2.24) is 15.0 Å². The molecule has 2 heterocycles. The van der Waals surface area contributed by atoms with E-state index in [0.29, 0.717) is 11.8 Å². The van der Waals surface area contributed by atoms with Gasteiger partial charge in [-0.1, -0.05) is 30.7 Å². The molecule has 1 saturated carbocycles. The van der Waals surface area contributed by atoms with Crippen molar-refractivity contribution in [2.75, 3.05) is 0 Å².